The predicted molar refractivity (Wildman–Crippen MR) is 128 cm³/mol. The highest BCUT2D eigenvalue weighted by Gasteiger charge is 2.26. The Morgan fingerprint density at radius 3 is 2.39 bits per heavy atom. The number of hydrogen-bond donors (Lipinski definition) is 0. The fraction of sp³-hybridized carbons (Fsp3) is 0.296. The van der Waals surface area contributed by atoms with Gasteiger partial charge in [0.25, 0.3) is 0 Å². The summed E-state index contributed by atoms with van der Waals surface area (Å²) in [5.41, 5.74) is 5.56. The van der Waals surface area contributed by atoms with Crippen LogP contribution in [0.15, 0.2) is 59.3 Å². The minimum Gasteiger partial charge on any atom is -0.493 e. The van der Waals surface area contributed by atoms with Crippen molar-refractivity contribution in [2.24, 2.45) is 0 Å². The summed E-state index contributed by atoms with van der Waals surface area (Å²) in [6, 6.07) is 14.7. The Morgan fingerprint density at radius 1 is 0.939 bits per heavy atom. The summed E-state index contributed by atoms with van der Waals surface area (Å²) >= 11 is 0. The molecule has 4 aromatic rings. The molecule has 5 rings (SSSR count). The van der Waals surface area contributed by atoms with Crippen LogP contribution in [0.2, 0.25) is 0 Å². The van der Waals surface area contributed by atoms with Crippen LogP contribution in [0, 0.1) is 0 Å². The van der Waals surface area contributed by atoms with Gasteiger partial charge in [-0.3, -0.25) is 9.88 Å². The Morgan fingerprint density at radius 2 is 1.67 bits per heavy atom. The maximum atomic E-state index is 6.14. The first-order valence-corrected chi connectivity index (χ1v) is 11.1. The molecule has 0 radical (unpaired) electrons. The number of furan rings is 1. The molecule has 0 fully saturated rings. The molecule has 170 valence electrons. The second-order valence-electron chi connectivity index (χ2n) is 8.37. The van der Waals surface area contributed by atoms with Gasteiger partial charge >= 0.3 is 0 Å². The molecule has 2 aromatic heterocycles. The number of hydrogen-bond acceptors (Lipinski definition) is 6. The Kier molecular flexibility index (Phi) is 5.68. The normalized spacial score (nSPS) is 15.9. The number of pyridine rings is 1. The van der Waals surface area contributed by atoms with Crippen LogP contribution in [0.4, 0.5) is 0 Å². The van der Waals surface area contributed by atoms with Gasteiger partial charge in [0.2, 0.25) is 0 Å². The molecule has 1 unspecified atom stereocenters. The van der Waals surface area contributed by atoms with Crippen molar-refractivity contribution in [2.45, 2.75) is 25.9 Å². The van der Waals surface area contributed by atoms with Gasteiger partial charge in [0, 0.05) is 42.5 Å². The number of fused-ring (bicyclic) bond motifs is 2. The minimum absolute atomic E-state index is 0.256. The third-order valence-electron chi connectivity index (χ3n) is 6.52. The maximum Gasteiger partial charge on any atom is 0.176 e. The van der Waals surface area contributed by atoms with Crippen LogP contribution in [-0.2, 0) is 13.0 Å². The molecule has 2 aromatic carbocycles. The lowest BCUT2D eigenvalue weighted by atomic mass is 9.92. The number of rotatable bonds is 6. The molecule has 1 atom stereocenters. The highest BCUT2D eigenvalue weighted by molar-refractivity contribution is 5.88. The highest BCUT2D eigenvalue weighted by atomic mass is 16.5. The fourth-order valence-corrected chi connectivity index (χ4v) is 4.73. The molecule has 1 aliphatic rings. The lowest BCUT2D eigenvalue weighted by molar-refractivity contribution is 0.188. The summed E-state index contributed by atoms with van der Waals surface area (Å²) < 4.78 is 22.9. The lowest BCUT2D eigenvalue weighted by Crippen LogP contribution is -2.33. The van der Waals surface area contributed by atoms with Gasteiger partial charge < -0.3 is 18.6 Å². The van der Waals surface area contributed by atoms with Crippen molar-refractivity contribution < 1.29 is 18.6 Å². The number of methoxy groups -OCH3 is 3. The summed E-state index contributed by atoms with van der Waals surface area (Å²) in [6.45, 7) is 4.04. The molecule has 33 heavy (non-hydrogen) atoms. The molecule has 3 heterocycles. The molecule has 0 aliphatic carbocycles. The summed E-state index contributed by atoms with van der Waals surface area (Å²) in [6.07, 6.45) is 4.51. The van der Waals surface area contributed by atoms with E-state index in [1.807, 2.05) is 12.1 Å². The maximum absolute atomic E-state index is 6.14. The van der Waals surface area contributed by atoms with E-state index >= 15 is 0 Å². The van der Waals surface area contributed by atoms with Crippen molar-refractivity contribution >= 4 is 11.0 Å². The van der Waals surface area contributed by atoms with Crippen molar-refractivity contribution in [2.75, 3.05) is 27.9 Å². The van der Waals surface area contributed by atoms with Crippen LogP contribution >= 0.6 is 0 Å². The zero-order chi connectivity index (χ0) is 22.9. The summed E-state index contributed by atoms with van der Waals surface area (Å²) in [5.74, 6) is 3.12. The van der Waals surface area contributed by atoms with Gasteiger partial charge in [-0.05, 0) is 72.5 Å². The summed E-state index contributed by atoms with van der Waals surface area (Å²) in [5, 5.41) is 1.03. The second kappa shape index (κ2) is 8.79. The predicted octanol–water partition coefficient (Wildman–Crippen LogP) is 5.64. The van der Waals surface area contributed by atoms with Crippen molar-refractivity contribution in [3.05, 3.63) is 71.5 Å². The molecular weight excluding hydrogens is 416 g/mol. The van der Waals surface area contributed by atoms with Crippen LogP contribution in [0.5, 0.6) is 17.2 Å². The van der Waals surface area contributed by atoms with E-state index in [-0.39, 0.29) is 6.04 Å². The number of nitrogens with zero attached hydrogens (tertiary/aromatic N) is 2. The summed E-state index contributed by atoms with van der Waals surface area (Å²) in [4.78, 5) is 6.58. The van der Waals surface area contributed by atoms with Crippen molar-refractivity contribution in [3.8, 4) is 28.6 Å². The average Bonchev–Trinajstić information content (AvgIpc) is 3.29. The Hall–Kier alpha value is -3.51. The van der Waals surface area contributed by atoms with Gasteiger partial charge in [0.05, 0.1) is 21.3 Å². The molecule has 6 heteroatoms. The van der Waals surface area contributed by atoms with E-state index in [0.717, 1.165) is 59.1 Å². The van der Waals surface area contributed by atoms with Crippen LogP contribution in [0.3, 0.4) is 0 Å². The molecule has 0 saturated heterocycles. The average molecular weight is 445 g/mol. The lowest BCUT2D eigenvalue weighted by Gasteiger charge is -2.35. The zero-order valence-electron chi connectivity index (χ0n) is 19.4. The minimum atomic E-state index is 0.256. The van der Waals surface area contributed by atoms with Crippen LogP contribution in [0.25, 0.3) is 22.3 Å². The standard InChI is InChI=1S/C27H28N2O4/c1-17-22-15-25(31-3)24(30-2)13-20(22)7-10-29(17)16-18-11-21-14-23(19-5-8-28-9-6-19)33-27(21)26(12-18)32-4/h5-6,8-9,11-15,17H,7,10,16H2,1-4H3. The SMILES string of the molecule is COc1cc2c(cc1OC)C(C)N(Cc1cc(OC)c3oc(-c4ccncc4)cc3c1)CC2. The van der Waals surface area contributed by atoms with E-state index in [4.69, 9.17) is 18.6 Å². The molecule has 0 spiro atoms. The third-order valence-corrected chi connectivity index (χ3v) is 6.52. The second-order valence-corrected chi connectivity index (χ2v) is 8.37. The smallest absolute Gasteiger partial charge is 0.176 e. The third kappa shape index (κ3) is 3.91. The van der Waals surface area contributed by atoms with Crippen molar-refractivity contribution in [1.82, 2.24) is 9.88 Å². The quantitative estimate of drug-likeness (QED) is 0.384. The highest BCUT2D eigenvalue weighted by Crippen LogP contribution is 2.39. The van der Waals surface area contributed by atoms with Crippen molar-refractivity contribution in [3.63, 3.8) is 0 Å². The van der Waals surface area contributed by atoms with E-state index in [1.165, 1.54) is 16.7 Å². The Bertz CT molecular complexity index is 1280. The number of ether oxygens (including phenoxy) is 3. The Balaban J connectivity index is 1.45. The number of aromatic nitrogens is 1. The molecule has 0 bridgehead atoms. The molecule has 0 N–H and O–H groups in total. The Labute approximate surface area is 193 Å². The van der Waals surface area contributed by atoms with Gasteiger partial charge in [0.15, 0.2) is 22.8 Å². The monoisotopic (exact) mass is 444 g/mol. The van der Waals surface area contributed by atoms with Gasteiger partial charge in [-0.15, -0.1) is 0 Å². The van der Waals surface area contributed by atoms with Gasteiger partial charge in [-0.25, -0.2) is 0 Å². The van der Waals surface area contributed by atoms with Gasteiger partial charge in [0.1, 0.15) is 5.76 Å². The van der Waals surface area contributed by atoms with E-state index in [2.05, 4.69) is 47.1 Å². The van der Waals surface area contributed by atoms with Crippen LogP contribution in [0.1, 0.15) is 29.7 Å². The molecule has 0 amide bonds. The molecule has 1 aliphatic heterocycles. The first-order chi connectivity index (χ1) is 16.1. The van der Waals surface area contributed by atoms with Crippen LogP contribution in [-0.4, -0.2) is 37.8 Å². The van der Waals surface area contributed by atoms with E-state index in [9.17, 15) is 0 Å². The van der Waals surface area contributed by atoms with Crippen LogP contribution < -0.4 is 14.2 Å². The number of benzene rings is 2. The summed E-state index contributed by atoms with van der Waals surface area (Å²) in [7, 11) is 5.05. The fourth-order valence-electron chi connectivity index (χ4n) is 4.73. The topological polar surface area (TPSA) is 57.0 Å². The zero-order valence-corrected chi connectivity index (χ0v) is 19.4. The largest absolute Gasteiger partial charge is 0.493 e. The first-order valence-electron chi connectivity index (χ1n) is 11.1. The van der Waals surface area contributed by atoms with Crippen molar-refractivity contribution in [1.29, 1.82) is 0 Å². The van der Waals surface area contributed by atoms with Gasteiger partial charge in [-0.1, -0.05) is 0 Å². The molecule has 6 nitrogen and oxygen atoms in total. The molecular formula is C27H28N2O4. The van der Waals surface area contributed by atoms with Gasteiger partial charge in [-0.2, -0.15) is 0 Å². The first kappa shape index (κ1) is 21.3. The van der Waals surface area contributed by atoms with E-state index < -0.39 is 0 Å². The van der Waals surface area contributed by atoms with E-state index in [1.54, 1.807) is 33.7 Å². The van der Waals surface area contributed by atoms with E-state index in [0.29, 0.717) is 0 Å². The molecule has 0 saturated carbocycles.